The van der Waals surface area contributed by atoms with Crippen LogP contribution in [0.25, 0.3) is 11.2 Å². The summed E-state index contributed by atoms with van der Waals surface area (Å²) in [6.07, 6.45) is -7.12. The number of fused-ring (bicyclic) bond motifs is 4. The number of phenolic OH excluding ortho intramolecular Hbond substituents is 2. The normalized spacial score (nSPS) is 19.5. The molecule has 89 heavy (non-hydrogen) atoms. The van der Waals surface area contributed by atoms with Gasteiger partial charge in [0, 0.05) is 66.7 Å². The number of carboxylic acid groups (broad SMARTS) is 3. The van der Waals surface area contributed by atoms with Crippen molar-refractivity contribution >= 4 is 81.7 Å². The van der Waals surface area contributed by atoms with Crippen LogP contribution in [0, 0.1) is 0 Å². The molecule has 0 bridgehead atoms. The lowest BCUT2D eigenvalue weighted by Gasteiger charge is -2.42. The predicted octanol–water partition coefficient (Wildman–Crippen LogP) is 0.627. The Kier molecular flexibility index (Phi) is 17.8. The summed E-state index contributed by atoms with van der Waals surface area (Å²) in [5.74, 6) is -13.3. The number of rotatable bonds is 21. The van der Waals surface area contributed by atoms with Crippen LogP contribution in [0.15, 0.2) is 65.6 Å². The Hall–Kier alpha value is -10.8. The van der Waals surface area contributed by atoms with Gasteiger partial charge in [0.25, 0.3) is 23.3 Å². The number of aliphatic carboxylic acids is 1. The molecular weight excluding hydrogens is 1170 g/mol. The maximum absolute atomic E-state index is 14.1. The molecule has 4 amide bonds. The fourth-order valence-corrected chi connectivity index (χ4v) is 10.7. The monoisotopic (exact) mass is 1230 g/mol. The van der Waals surface area contributed by atoms with E-state index < -0.39 is 184 Å². The van der Waals surface area contributed by atoms with Crippen molar-refractivity contribution in [3.8, 4) is 17.2 Å². The largest absolute Gasteiger partial charge is 0.507 e. The van der Waals surface area contributed by atoms with E-state index in [0.29, 0.717) is 23.5 Å². The van der Waals surface area contributed by atoms with E-state index in [4.69, 9.17) is 19.9 Å². The highest BCUT2D eigenvalue weighted by atomic mass is 16.7. The lowest BCUT2D eigenvalue weighted by molar-refractivity contribution is -0.248. The van der Waals surface area contributed by atoms with Crippen molar-refractivity contribution in [3.05, 3.63) is 138 Å². The van der Waals surface area contributed by atoms with Gasteiger partial charge in [-0.2, -0.15) is 4.98 Å². The van der Waals surface area contributed by atoms with E-state index in [9.17, 15) is 88.5 Å². The number of H-pyrrole nitrogens is 1. The Morgan fingerprint density at radius 2 is 1.51 bits per heavy atom. The number of carbonyl (C=O) groups excluding carboxylic acids is 7. The molecule has 2 aliphatic carbocycles. The third kappa shape index (κ3) is 12.7. The van der Waals surface area contributed by atoms with Gasteiger partial charge in [0.2, 0.25) is 17.6 Å². The number of aromatic hydroxyl groups is 2. The second kappa shape index (κ2) is 25.3. The van der Waals surface area contributed by atoms with E-state index in [1.807, 2.05) is 0 Å². The number of Topliss-reactive ketones (excluding diaryl/α,β-unsaturated/α-hetero) is 1. The predicted molar refractivity (Wildman–Crippen MR) is 304 cm³/mol. The Morgan fingerprint density at radius 1 is 0.843 bits per heavy atom. The molecule has 2 aromatic heterocycles. The van der Waals surface area contributed by atoms with Crippen LogP contribution in [0.2, 0.25) is 0 Å². The number of amides is 4. The number of aliphatic hydroxyl groups is 2. The minimum absolute atomic E-state index is 0.0172. The second-order valence-electron chi connectivity index (χ2n) is 21.0. The molecule has 0 radical (unpaired) electrons. The molecule has 31 nitrogen and oxygen atoms in total. The van der Waals surface area contributed by atoms with Crippen molar-refractivity contribution in [2.45, 2.75) is 94.8 Å². The van der Waals surface area contributed by atoms with Crippen LogP contribution in [0.5, 0.6) is 17.2 Å². The van der Waals surface area contributed by atoms with Crippen molar-refractivity contribution in [2.75, 3.05) is 31.2 Å². The van der Waals surface area contributed by atoms with Gasteiger partial charge in [-0.15, -0.1) is 0 Å². The Labute approximate surface area is 500 Å². The summed E-state index contributed by atoms with van der Waals surface area (Å²) in [5, 5.41) is 89.4. The van der Waals surface area contributed by atoms with Crippen LogP contribution < -0.4 is 42.6 Å². The number of methoxy groups -OCH3 is 1. The van der Waals surface area contributed by atoms with Crippen LogP contribution in [0.1, 0.15) is 146 Å². The molecule has 3 aliphatic rings. The lowest BCUT2D eigenvalue weighted by atomic mass is 9.72. The van der Waals surface area contributed by atoms with Crippen molar-refractivity contribution in [3.63, 3.8) is 0 Å². The first-order valence-corrected chi connectivity index (χ1v) is 27.2. The van der Waals surface area contributed by atoms with Gasteiger partial charge in [0.1, 0.15) is 35.0 Å². The van der Waals surface area contributed by atoms with Gasteiger partial charge in [-0.25, -0.2) is 24.4 Å². The second-order valence-corrected chi connectivity index (χ2v) is 21.0. The third-order valence-electron chi connectivity index (χ3n) is 15.3. The number of phenols is 2. The smallest absolute Gasteiger partial charge is 0.336 e. The maximum atomic E-state index is 14.1. The van der Waals surface area contributed by atoms with Crippen LogP contribution in [0.3, 0.4) is 0 Å². The molecule has 6 aromatic rings. The van der Waals surface area contributed by atoms with E-state index in [1.165, 1.54) is 62.7 Å². The van der Waals surface area contributed by atoms with Crippen LogP contribution in [-0.2, 0) is 36.8 Å². The SMILES string of the molecule is COc1cccc2c1C(=O)c1c(O)c3c(c(O)c1C2=O)C[C@@](O)(C(C)=O)C[C@@H]3O[C@H]1C[C@@H](NC(=O)c2cc(C(=O)NCCNC(=O)CC[C@H](NC(=O)c3ccc(NCc4cnc5nc(N)[nH]c(=O)c5n4)cc3)C(=O)O)c(C(=O)O)cc2C(=O)O)[C@@H](O)C(C)O1. The highest BCUT2D eigenvalue weighted by Gasteiger charge is 2.50. The van der Waals surface area contributed by atoms with Crippen molar-refractivity contribution in [1.29, 1.82) is 0 Å². The van der Waals surface area contributed by atoms with E-state index in [0.717, 1.165) is 6.92 Å². The number of carbonyl (C=O) groups is 10. The Balaban J connectivity index is 0.822. The first kappa shape index (κ1) is 62.8. The number of ether oxygens (including phenoxy) is 3. The Morgan fingerprint density at radius 3 is 2.17 bits per heavy atom. The highest BCUT2D eigenvalue weighted by molar-refractivity contribution is 6.31. The number of benzene rings is 4. The topological polar surface area (TPSA) is 498 Å². The van der Waals surface area contributed by atoms with E-state index in [-0.39, 0.29) is 70.2 Å². The van der Waals surface area contributed by atoms with Gasteiger partial charge < -0.3 is 82.3 Å². The number of aromatic amines is 1. The van der Waals surface area contributed by atoms with Gasteiger partial charge in [0.15, 0.2) is 29.0 Å². The van der Waals surface area contributed by atoms with Gasteiger partial charge in [-0.3, -0.25) is 43.3 Å². The molecule has 9 rings (SSSR count). The molecule has 1 fully saturated rings. The van der Waals surface area contributed by atoms with Crippen molar-refractivity contribution in [2.24, 2.45) is 0 Å². The molecule has 15 N–H and O–H groups in total. The number of aromatic nitrogens is 4. The van der Waals surface area contributed by atoms with E-state index in [1.54, 1.807) is 0 Å². The number of nitrogens with two attached hydrogens (primary N) is 1. The third-order valence-corrected chi connectivity index (χ3v) is 15.3. The summed E-state index contributed by atoms with van der Waals surface area (Å²) < 4.78 is 17.5. The molecule has 464 valence electrons. The first-order chi connectivity index (χ1) is 42.2. The van der Waals surface area contributed by atoms with Crippen molar-refractivity contribution < 1.29 is 97.9 Å². The zero-order valence-corrected chi connectivity index (χ0v) is 47.2. The molecular formula is C58H56N10O21. The highest BCUT2D eigenvalue weighted by Crippen LogP contribution is 2.52. The van der Waals surface area contributed by atoms with E-state index in [2.05, 4.69) is 46.5 Å². The van der Waals surface area contributed by atoms with Gasteiger partial charge >= 0.3 is 17.9 Å². The molecule has 1 unspecified atom stereocenters. The van der Waals surface area contributed by atoms with Gasteiger partial charge in [-0.05, 0) is 62.7 Å². The molecule has 0 spiro atoms. The summed E-state index contributed by atoms with van der Waals surface area (Å²) in [5.41, 5.74) is -1.72. The number of aliphatic hydroxyl groups excluding tert-OH is 1. The van der Waals surface area contributed by atoms with Gasteiger partial charge in [0.05, 0.1) is 82.7 Å². The number of nitrogen functional groups attached to an aromatic ring is 1. The van der Waals surface area contributed by atoms with Crippen LogP contribution in [0.4, 0.5) is 11.6 Å². The van der Waals surface area contributed by atoms with Crippen LogP contribution >= 0.6 is 0 Å². The standard InChI is InChI=1S/C58H56N10O21/c1-22-44(71)34(17-38(88-22)89-36-19-58(86,23(2)69)18-32-40(36)48(75)42-41(46(32)73)45(72)27-5-4-6-35(87-3)39(27)47(42)74)66-52(78)29-15-28(30(54(80)81)16-31(29)55(82)83)51(77)61-14-13-60-37(70)12-11-33(56(84)85)65-50(76)24-7-9-25(10-8-24)62-20-26-21-63-49-43(64-26)53(79)68-57(59)67-49/h4-10,15-16,21-22,33-34,36,38,44,62,71,73,75,86H,11-14,17-20H2,1-3H3,(H,60,70)(H,61,77)(H,65,76)(H,66,78)(H,80,81)(H,82,83)(H,84,85)(H3,59,63,67,68,79)/t22?,33-,34+,36-,38-,44-,58-/m0/s1. The number of hydrogen-bond donors (Lipinski definition) is 14. The summed E-state index contributed by atoms with van der Waals surface area (Å²) in [7, 11) is 1.25. The quantitative estimate of drug-likeness (QED) is 0.0346. The molecule has 4 aromatic carbocycles. The summed E-state index contributed by atoms with van der Waals surface area (Å²) in [4.78, 5) is 159. The maximum Gasteiger partial charge on any atom is 0.336 e. The average molecular weight is 1230 g/mol. The average Bonchev–Trinajstić information content (AvgIpc) is 1.44. The lowest BCUT2D eigenvalue weighted by Crippen LogP contribution is -2.56. The minimum atomic E-state index is -2.30. The minimum Gasteiger partial charge on any atom is -0.507 e. The molecule has 1 aliphatic heterocycles. The molecule has 0 saturated carbocycles. The molecule has 1 saturated heterocycles. The fraction of sp³-hybridized carbons (Fsp3) is 0.310. The number of anilines is 2. The Bertz CT molecular complexity index is 4040. The van der Waals surface area contributed by atoms with E-state index >= 15 is 0 Å². The number of nitrogens with one attached hydrogen (secondary N) is 6. The molecule has 3 heterocycles. The van der Waals surface area contributed by atoms with Crippen LogP contribution in [-0.4, -0.2) is 171 Å². The zero-order valence-electron chi connectivity index (χ0n) is 47.2. The van der Waals surface area contributed by atoms with Crippen molar-refractivity contribution in [1.82, 2.24) is 41.2 Å². The summed E-state index contributed by atoms with van der Waals surface area (Å²) in [6.45, 7) is 1.82. The number of carboxylic acids is 3. The first-order valence-electron chi connectivity index (χ1n) is 27.2. The molecule has 7 atom stereocenters. The summed E-state index contributed by atoms with van der Waals surface area (Å²) >= 11 is 0. The number of aromatic carboxylic acids is 2. The number of nitrogens with zero attached hydrogens (tertiary/aromatic N) is 3. The summed E-state index contributed by atoms with van der Waals surface area (Å²) in [6, 6.07) is 8.34. The zero-order chi connectivity index (χ0) is 64.5. The fourth-order valence-electron chi connectivity index (χ4n) is 10.7. The number of ketones is 3. The number of hydrogen-bond acceptors (Lipinski definition) is 23. The molecule has 31 heteroatoms. The van der Waals surface area contributed by atoms with Gasteiger partial charge in [-0.1, -0.05) is 12.1 Å².